The van der Waals surface area contributed by atoms with E-state index in [4.69, 9.17) is 10.2 Å². The largest absolute Gasteiger partial charge is 0.394 e. The molecule has 0 radical (unpaired) electrons. The Kier molecular flexibility index (Phi) is 5.31. The van der Waals surface area contributed by atoms with E-state index in [2.05, 4.69) is 0 Å². The highest BCUT2D eigenvalue weighted by atomic mass is 32.2. The van der Waals surface area contributed by atoms with Crippen molar-refractivity contribution in [1.29, 1.82) is 0 Å². The van der Waals surface area contributed by atoms with E-state index < -0.39 is 23.5 Å². The Morgan fingerprint density at radius 1 is 1.31 bits per heavy atom. The summed E-state index contributed by atoms with van der Waals surface area (Å²) in [5, 5.41) is 17.6. The van der Waals surface area contributed by atoms with E-state index in [0.29, 0.717) is 5.56 Å². The summed E-state index contributed by atoms with van der Waals surface area (Å²) in [4.78, 5) is 11.6. The van der Waals surface area contributed by atoms with Gasteiger partial charge in [-0.25, -0.2) is 0 Å². The molecule has 88 valence electrons. The number of rotatable bonds is 6. The van der Waals surface area contributed by atoms with Crippen LogP contribution in [-0.4, -0.2) is 44.4 Å². The number of carbonyl (C=O) groups is 1. The molecule has 2 unspecified atom stereocenters. The number of aliphatic hydroxyl groups excluding tert-OH is 2. The van der Waals surface area contributed by atoms with Crippen molar-refractivity contribution in [2.75, 3.05) is 18.1 Å². The molecule has 4 nitrogen and oxygen atoms in total. The second-order valence-corrected chi connectivity index (χ2v) is 4.88. The number of benzene rings is 1. The van der Waals surface area contributed by atoms with Gasteiger partial charge >= 0.3 is 0 Å². The van der Waals surface area contributed by atoms with Crippen molar-refractivity contribution in [1.82, 2.24) is 0 Å². The Hall–Kier alpha value is -1.04. The molecule has 0 amide bonds. The van der Waals surface area contributed by atoms with Gasteiger partial charge in [0.2, 0.25) is 0 Å². The molecule has 0 aliphatic rings. The van der Waals surface area contributed by atoms with Gasteiger partial charge in [-0.1, -0.05) is 30.3 Å². The van der Waals surface area contributed by atoms with Gasteiger partial charge in [0.05, 0.1) is 24.2 Å². The second kappa shape index (κ2) is 6.52. The van der Waals surface area contributed by atoms with Crippen LogP contribution in [0.2, 0.25) is 0 Å². The number of hydrogen-bond donors (Lipinski definition) is 2. The Bertz CT molecular complexity index is 364. The second-order valence-electron chi connectivity index (χ2n) is 3.38. The molecule has 0 saturated carbocycles. The molecule has 0 spiro atoms. The fourth-order valence-corrected chi connectivity index (χ4v) is 2.29. The van der Waals surface area contributed by atoms with Gasteiger partial charge in [-0.3, -0.25) is 9.00 Å². The first kappa shape index (κ1) is 13.0. The number of hydrogen-bond acceptors (Lipinski definition) is 4. The first-order chi connectivity index (χ1) is 7.63. The summed E-state index contributed by atoms with van der Waals surface area (Å²) in [6, 6.07) is 8.57. The summed E-state index contributed by atoms with van der Waals surface area (Å²) in [6.45, 7) is -0.439. The lowest BCUT2D eigenvalue weighted by Crippen LogP contribution is -2.24. The number of Topliss-reactive ketones (excluding diaryl/α,β-unsaturated/α-hetero) is 1. The van der Waals surface area contributed by atoms with Crippen LogP contribution in [0, 0.1) is 0 Å². The highest BCUT2D eigenvalue weighted by molar-refractivity contribution is 7.85. The number of carbonyl (C=O) groups excluding carboxylic acids is 1. The molecule has 0 aliphatic carbocycles. The lowest BCUT2D eigenvalue weighted by molar-refractivity contribution is 0.101. The fraction of sp³-hybridized carbons (Fsp3) is 0.364. The third kappa shape index (κ3) is 4.22. The summed E-state index contributed by atoms with van der Waals surface area (Å²) in [5.41, 5.74) is 0.509. The van der Waals surface area contributed by atoms with E-state index in [9.17, 15) is 9.00 Å². The van der Waals surface area contributed by atoms with Crippen LogP contribution >= 0.6 is 0 Å². The van der Waals surface area contributed by atoms with E-state index in [-0.39, 0.29) is 17.3 Å². The fourth-order valence-electron chi connectivity index (χ4n) is 1.18. The van der Waals surface area contributed by atoms with E-state index >= 15 is 0 Å². The lowest BCUT2D eigenvalue weighted by atomic mass is 10.2. The third-order valence-electron chi connectivity index (χ3n) is 1.98. The minimum atomic E-state index is -1.44. The van der Waals surface area contributed by atoms with Gasteiger partial charge in [0.25, 0.3) is 0 Å². The van der Waals surface area contributed by atoms with Crippen LogP contribution in [0.1, 0.15) is 10.4 Å². The molecule has 16 heavy (non-hydrogen) atoms. The zero-order valence-corrected chi connectivity index (χ0v) is 9.52. The standard InChI is InChI=1S/C11H14O4S/c12-6-10(13)7-16(15)8-11(14)9-4-2-1-3-5-9/h1-5,10,12-13H,6-8H2. The maximum absolute atomic E-state index is 11.6. The molecule has 0 bridgehead atoms. The van der Waals surface area contributed by atoms with Crippen molar-refractivity contribution < 1.29 is 19.2 Å². The molecule has 2 atom stereocenters. The van der Waals surface area contributed by atoms with Gasteiger partial charge in [-0.15, -0.1) is 0 Å². The van der Waals surface area contributed by atoms with Crippen LogP contribution in [0.4, 0.5) is 0 Å². The molecule has 1 rings (SSSR count). The van der Waals surface area contributed by atoms with E-state index in [1.54, 1.807) is 30.3 Å². The highest BCUT2D eigenvalue weighted by Crippen LogP contribution is 2.02. The molecule has 0 aliphatic heterocycles. The molecule has 0 heterocycles. The van der Waals surface area contributed by atoms with E-state index in [0.717, 1.165) is 0 Å². The minimum Gasteiger partial charge on any atom is -0.394 e. The maximum Gasteiger partial charge on any atom is 0.175 e. The smallest absolute Gasteiger partial charge is 0.175 e. The zero-order chi connectivity index (χ0) is 12.0. The van der Waals surface area contributed by atoms with Crippen LogP contribution in [0.5, 0.6) is 0 Å². The van der Waals surface area contributed by atoms with Gasteiger partial charge in [-0.2, -0.15) is 0 Å². The van der Waals surface area contributed by atoms with Gasteiger partial charge in [0.15, 0.2) is 5.78 Å². The van der Waals surface area contributed by atoms with Gasteiger partial charge < -0.3 is 10.2 Å². The summed E-state index contributed by atoms with van der Waals surface area (Å²) < 4.78 is 11.4. The Morgan fingerprint density at radius 2 is 1.94 bits per heavy atom. The van der Waals surface area contributed by atoms with Crippen LogP contribution in [-0.2, 0) is 10.8 Å². The Morgan fingerprint density at radius 3 is 2.50 bits per heavy atom. The summed E-state index contributed by atoms with van der Waals surface area (Å²) in [6.07, 6.45) is -1.02. The lowest BCUT2D eigenvalue weighted by Gasteiger charge is -2.06. The zero-order valence-electron chi connectivity index (χ0n) is 8.70. The first-order valence-electron chi connectivity index (χ1n) is 4.85. The maximum atomic E-state index is 11.6. The molecule has 0 saturated heterocycles. The SMILES string of the molecule is O=C(CS(=O)CC(O)CO)c1ccccc1. The van der Waals surface area contributed by atoms with Crippen molar-refractivity contribution in [3.63, 3.8) is 0 Å². The molecular formula is C11H14O4S. The molecule has 1 aromatic rings. The van der Waals surface area contributed by atoms with Crippen LogP contribution < -0.4 is 0 Å². The molecule has 2 N–H and O–H groups in total. The first-order valence-corrected chi connectivity index (χ1v) is 6.34. The molecular weight excluding hydrogens is 228 g/mol. The van der Waals surface area contributed by atoms with Crippen molar-refractivity contribution in [3.05, 3.63) is 35.9 Å². The number of ketones is 1. The van der Waals surface area contributed by atoms with Crippen LogP contribution in [0.25, 0.3) is 0 Å². The van der Waals surface area contributed by atoms with E-state index in [1.807, 2.05) is 0 Å². The van der Waals surface area contributed by atoms with Crippen molar-refractivity contribution >= 4 is 16.6 Å². The number of aliphatic hydroxyl groups is 2. The third-order valence-corrected chi connectivity index (χ3v) is 3.32. The van der Waals surface area contributed by atoms with Crippen molar-refractivity contribution in [3.8, 4) is 0 Å². The minimum absolute atomic E-state index is 0.0743. The van der Waals surface area contributed by atoms with Crippen molar-refractivity contribution in [2.45, 2.75) is 6.10 Å². The predicted molar refractivity (Wildman–Crippen MR) is 61.7 cm³/mol. The van der Waals surface area contributed by atoms with Gasteiger partial charge in [0.1, 0.15) is 0 Å². The van der Waals surface area contributed by atoms with E-state index in [1.165, 1.54) is 0 Å². The molecule has 5 heteroatoms. The van der Waals surface area contributed by atoms with Gasteiger partial charge in [0, 0.05) is 16.4 Å². The van der Waals surface area contributed by atoms with Gasteiger partial charge in [-0.05, 0) is 0 Å². The summed E-state index contributed by atoms with van der Waals surface area (Å²) in [7, 11) is -1.44. The average molecular weight is 242 g/mol. The average Bonchev–Trinajstić information content (AvgIpc) is 2.29. The van der Waals surface area contributed by atoms with Crippen LogP contribution in [0.3, 0.4) is 0 Å². The van der Waals surface area contributed by atoms with Crippen LogP contribution in [0.15, 0.2) is 30.3 Å². The quantitative estimate of drug-likeness (QED) is 0.687. The highest BCUT2D eigenvalue weighted by Gasteiger charge is 2.13. The summed E-state index contributed by atoms with van der Waals surface area (Å²) >= 11 is 0. The molecule has 1 aromatic carbocycles. The molecule has 0 aromatic heterocycles. The van der Waals surface area contributed by atoms with Crippen molar-refractivity contribution in [2.24, 2.45) is 0 Å². The topological polar surface area (TPSA) is 74.6 Å². The summed E-state index contributed by atoms with van der Waals surface area (Å²) in [5.74, 6) is -0.417. The monoisotopic (exact) mass is 242 g/mol. The Balaban J connectivity index is 2.49. The normalized spacial score (nSPS) is 14.4. The molecule has 0 fully saturated rings. The predicted octanol–water partition coefficient (Wildman–Crippen LogP) is -0.0288. The Labute approximate surface area is 96.4 Å².